The number of rotatable bonds is 5. The van der Waals surface area contributed by atoms with E-state index in [1.165, 1.54) is 12.1 Å². The predicted molar refractivity (Wildman–Crippen MR) is 103 cm³/mol. The number of amides is 1. The maximum Gasteiger partial charge on any atom is 0.424 e. The maximum atomic E-state index is 13.7. The second kappa shape index (κ2) is 7.16. The summed E-state index contributed by atoms with van der Waals surface area (Å²) in [6.07, 6.45) is -3.45. The number of halogens is 4. The highest BCUT2D eigenvalue weighted by Gasteiger charge is 2.57. The Morgan fingerprint density at radius 3 is 2.52 bits per heavy atom. The van der Waals surface area contributed by atoms with E-state index in [4.69, 9.17) is 10.5 Å². The first-order chi connectivity index (χ1) is 14.5. The molecule has 2 atom stereocenters. The number of carbonyl (C=O) groups is 1. The van der Waals surface area contributed by atoms with Gasteiger partial charge in [0.1, 0.15) is 29.3 Å². The van der Waals surface area contributed by atoms with Gasteiger partial charge in [-0.2, -0.15) is 13.2 Å². The van der Waals surface area contributed by atoms with Gasteiger partial charge in [-0.3, -0.25) is 4.79 Å². The average Bonchev–Trinajstić information content (AvgIpc) is 3.47. The van der Waals surface area contributed by atoms with E-state index in [1.54, 1.807) is 6.92 Å². The molecule has 1 aromatic heterocycles. The molecule has 10 heteroatoms. The van der Waals surface area contributed by atoms with Crippen molar-refractivity contribution in [1.29, 1.82) is 0 Å². The van der Waals surface area contributed by atoms with Gasteiger partial charge in [0.25, 0.3) is 0 Å². The van der Waals surface area contributed by atoms with Crippen molar-refractivity contribution in [3.63, 3.8) is 0 Å². The van der Waals surface area contributed by atoms with Crippen molar-refractivity contribution in [1.82, 2.24) is 10.3 Å². The van der Waals surface area contributed by atoms with Crippen LogP contribution in [-0.2, 0) is 15.8 Å². The number of aromatic nitrogens is 1. The highest BCUT2D eigenvalue weighted by atomic mass is 19.4. The van der Waals surface area contributed by atoms with E-state index >= 15 is 0 Å². The van der Waals surface area contributed by atoms with Crippen molar-refractivity contribution in [2.24, 2.45) is 5.73 Å². The minimum Gasteiger partial charge on any atom is -0.489 e. The van der Waals surface area contributed by atoms with Gasteiger partial charge in [-0.25, -0.2) is 9.37 Å². The summed E-state index contributed by atoms with van der Waals surface area (Å²) >= 11 is 0. The predicted octanol–water partition coefficient (Wildman–Crippen LogP) is 2.53. The molecule has 1 aliphatic carbocycles. The zero-order chi connectivity index (χ0) is 22.6. The molecule has 2 aliphatic rings. The number of benzene rings is 1. The third-order valence-corrected chi connectivity index (χ3v) is 5.79. The first-order valence-corrected chi connectivity index (χ1v) is 9.74. The number of fused-ring (bicyclic) bond motifs is 1. The lowest BCUT2D eigenvalue weighted by atomic mass is 9.81. The number of aliphatic hydroxyl groups is 1. The fourth-order valence-electron chi connectivity index (χ4n) is 3.52. The van der Waals surface area contributed by atoms with Gasteiger partial charge in [-0.05, 0) is 50.1 Å². The second-order valence-corrected chi connectivity index (χ2v) is 8.17. The number of hydrogen-bond acceptors (Lipinski definition) is 5. The Bertz CT molecular complexity index is 1020. The van der Waals surface area contributed by atoms with Crippen LogP contribution in [0.3, 0.4) is 0 Å². The molecule has 2 heterocycles. The zero-order valence-corrected chi connectivity index (χ0v) is 16.6. The molecule has 1 saturated carbocycles. The topological polar surface area (TPSA) is 97.5 Å². The van der Waals surface area contributed by atoms with Gasteiger partial charge in [0.05, 0.1) is 5.69 Å². The highest BCUT2D eigenvalue weighted by molar-refractivity contribution is 5.91. The average molecular weight is 439 g/mol. The van der Waals surface area contributed by atoms with Crippen LogP contribution in [0.25, 0.3) is 11.3 Å². The van der Waals surface area contributed by atoms with E-state index < -0.39 is 35.2 Å². The summed E-state index contributed by atoms with van der Waals surface area (Å²) in [5, 5.41) is 13.3. The summed E-state index contributed by atoms with van der Waals surface area (Å²) < 4.78 is 60.3. The lowest BCUT2D eigenvalue weighted by Gasteiger charge is -2.30. The van der Waals surface area contributed by atoms with Crippen LogP contribution in [0, 0.1) is 5.82 Å². The number of hydrogen-bond donors (Lipinski definition) is 3. The first-order valence-electron chi connectivity index (χ1n) is 9.74. The largest absolute Gasteiger partial charge is 0.489 e. The van der Waals surface area contributed by atoms with Crippen molar-refractivity contribution < 1.29 is 32.2 Å². The molecule has 0 saturated heterocycles. The van der Waals surface area contributed by atoms with E-state index in [9.17, 15) is 27.5 Å². The van der Waals surface area contributed by atoms with E-state index in [1.807, 2.05) is 0 Å². The number of carbonyl (C=O) groups excluding carboxylic acids is 1. The summed E-state index contributed by atoms with van der Waals surface area (Å²) in [7, 11) is 0. The Hall–Kier alpha value is -2.72. The molecule has 0 spiro atoms. The monoisotopic (exact) mass is 439 g/mol. The number of nitrogens with zero attached hydrogens (tertiary/aromatic N) is 1. The SMILES string of the molecule is C[C@]1(C(=O)NC2CC2)COc2c1cc(C(O)(CN)C(F)(F)F)nc2-c1ccc(F)cc1. The molecule has 166 valence electrons. The molecule has 0 radical (unpaired) electrons. The van der Waals surface area contributed by atoms with Crippen molar-refractivity contribution in [3.8, 4) is 17.0 Å². The zero-order valence-electron chi connectivity index (χ0n) is 16.6. The summed E-state index contributed by atoms with van der Waals surface area (Å²) in [6, 6.07) is 5.98. The Kier molecular flexibility index (Phi) is 4.97. The van der Waals surface area contributed by atoms with E-state index in [2.05, 4.69) is 10.3 Å². The van der Waals surface area contributed by atoms with Crippen molar-refractivity contribution >= 4 is 5.91 Å². The van der Waals surface area contributed by atoms with Crippen LogP contribution in [0.2, 0.25) is 0 Å². The van der Waals surface area contributed by atoms with Gasteiger partial charge in [0.15, 0.2) is 0 Å². The normalized spacial score (nSPS) is 22.4. The second-order valence-electron chi connectivity index (χ2n) is 8.17. The van der Waals surface area contributed by atoms with Gasteiger partial charge in [0, 0.05) is 23.7 Å². The Balaban J connectivity index is 1.92. The van der Waals surface area contributed by atoms with Crippen LogP contribution in [-0.4, -0.2) is 41.4 Å². The molecule has 6 nitrogen and oxygen atoms in total. The Morgan fingerprint density at radius 1 is 1.32 bits per heavy atom. The molecule has 0 bridgehead atoms. The summed E-state index contributed by atoms with van der Waals surface area (Å²) in [5.74, 6) is -0.815. The van der Waals surface area contributed by atoms with Crippen molar-refractivity contribution in [3.05, 3.63) is 47.4 Å². The fraction of sp³-hybridized carbons (Fsp3) is 0.429. The molecule has 1 amide bonds. The van der Waals surface area contributed by atoms with Crippen LogP contribution in [0.4, 0.5) is 17.6 Å². The van der Waals surface area contributed by atoms with Gasteiger partial charge in [-0.15, -0.1) is 0 Å². The van der Waals surface area contributed by atoms with Gasteiger partial charge >= 0.3 is 6.18 Å². The third kappa shape index (κ3) is 3.53. The molecule has 4 rings (SSSR count). The minimum absolute atomic E-state index is 0.0300. The smallest absolute Gasteiger partial charge is 0.424 e. The van der Waals surface area contributed by atoms with Crippen LogP contribution in [0.1, 0.15) is 31.0 Å². The Labute approximate surface area is 175 Å². The van der Waals surface area contributed by atoms with Crippen molar-refractivity contribution in [2.45, 2.75) is 43.0 Å². The number of ether oxygens (including phenoxy) is 1. The van der Waals surface area contributed by atoms with E-state index in [0.717, 1.165) is 31.0 Å². The fourth-order valence-corrected chi connectivity index (χ4v) is 3.52. The van der Waals surface area contributed by atoms with Crippen LogP contribution in [0.15, 0.2) is 30.3 Å². The van der Waals surface area contributed by atoms with Crippen LogP contribution < -0.4 is 15.8 Å². The van der Waals surface area contributed by atoms with Crippen LogP contribution >= 0.6 is 0 Å². The molecule has 1 aliphatic heterocycles. The summed E-state index contributed by atoms with van der Waals surface area (Å²) in [6.45, 7) is 0.272. The molecule has 1 aromatic carbocycles. The summed E-state index contributed by atoms with van der Waals surface area (Å²) in [4.78, 5) is 17.0. The quantitative estimate of drug-likeness (QED) is 0.622. The molecule has 4 N–H and O–H groups in total. The van der Waals surface area contributed by atoms with Gasteiger partial charge < -0.3 is 20.9 Å². The van der Waals surface area contributed by atoms with Crippen LogP contribution in [0.5, 0.6) is 5.75 Å². The van der Waals surface area contributed by atoms with Gasteiger partial charge in [-0.1, -0.05) is 0 Å². The number of nitrogens with two attached hydrogens (primary N) is 1. The Morgan fingerprint density at radius 2 is 1.97 bits per heavy atom. The molecular weight excluding hydrogens is 418 g/mol. The number of pyridine rings is 1. The highest BCUT2D eigenvalue weighted by Crippen LogP contribution is 2.48. The first kappa shape index (κ1) is 21.5. The lowest BCUT2D eigenvalue weighted by molar-refractivity contribution is -0.263. The standard InChI is InChI=1S/C21H21F4N3O3/c1-19(18(29)27-13-6-7-13)10-31-17-14(19)8-15(20(30,9-26)21(23,24)25)28-16(17)11-2-4-12(22)5-3-11/h2-5,8,13,30H,6-7,9-10,26H2,1H3,(H,27,29)/t19-,20?/m0/s1. The maximum absolute atomic E-state index is 13.7. The molecule has 1 fully saturated rings. The molecule has 2 aromatic rings. The summed E-state index contributed by atoms with van der Waals surface area (Å²) in [5.41, 5.74) is 0.214. The van der Waals surface area contributed by atoms with Crippen molar-refractivity contribution in [2.75, 3.05) is 13.2 Å². The number of nitrogens with one attached hydrogen (secondary N) is 1. The van der Waals surface area contributed by atoms with Gasteiger partial charge in [0.2, 0.25) is 11.5 Å². The third-order valence-electron chi connectivity index (χ3n) is 5.79. The molecular formula is C21H21F4N3O3. The molecule has 1 unspecified atom stereocenters. The van der Waals surface area contributed by atoms with E-state index in [0.29, 0.717) is 0 Å². The van der Waals surface area contributed by atoms with E-state index in [-0.39, 0.29) is 41.1 Å². The molecule has 31 heavy (non-hydrogen) atoms. The minimum atomic E-state index is -5.12. The number of alkyl halides is 3. The lowest BCUT2D eigenvalue weighted by Crippen LogP contribution is -2.49.